The summed E-state index contributed by atoms with van der Waals surface area (Å²) in [6.45, 7) is 2.15. The van der Waals surface area contributed by atoms with Crippen molar-refractivity contribution < 1.29 is 0 Å². The predicted octanol–water partition coefficient (Wildman–Crippen LogP) is 4.73. The van der Waals surface area contributed by atoms with Crippen LogP contribution in [0.3, 0.4) is 0 Å². The minimum absolute atomic E-state index is 1.27. The van der Waals surface area contributed by atoms with Gasteiger partial charge in [0.15, 0.2) is 0 Å². The van der Waals surface area contributed by atoms with E-state index >= 15 is 0 Å². The van der Waals surface area contributed by atoms with Gasteiger partial charge in [0.1, 0.15) is 0 Å². The molecule has 80 valence electrons. The largest absolute Gasteiger partial charge is 0.0807 e. The molecule has 2 rings (SSSR count). The van der Waals surface area contributed by atoms with Gasteiger partial charge in [0, 0.05) is 0 Å². The van der Waals surface area contributed by atoms with Gasteiger partial charge in [0.2, 0.25) is 0 Å². The van der Waals surface area contributed by atoms with Gasteiger partial charge in [-0.1, -0.05) is 48.7 Å². The third kappa shape index (κ3) is 2.95. The highest BCUT2D eigenvalue weighted by Gasteiger charge is 2.03. The number of aryl methyl sites for hydroxylation is 1. The Labute approximate surface area is 93.0 Å². The summed E-state index contributed by atoms with van der Waals surface area (Å²) in [4.78, 5) is 0. The summed E-state index contributed by atoms with van der Waals surface area (Å²) in [6, 6.07) is 8.97. The highest BCUT2D eigenvalue weighted by Crippen LogP contribution is 2.25. The van der Waals surface area contributed by atoms with Gasteiger partial charge in [-0.15, -0.1) is 0 Å². The average Bonchev–Trinajstić information content (AvgIpc) is 2.19. The Morgan fingerprint density at radius 3 is 2.40 bits per heavy atom. The average molecular weight is 200 g/mol. The second-order valence-electron chi connectivity index (χ2n) is 4.55. The lowest BCUT2D eigenvalue weighted by Gasteiger charge is -2.11. The van der Waals surface area contributed by atoms with Crippen LogP contribution in [0.1, 0.15) is 49.7 Å². The Kier molecular flexibility index (Phi) is 3.60. The van der Waals surface area contributed by atoms with Crippen molar-refractivity contribution in [3.63, 3.8) is 0 Å². The van der Waals surface area contributed by atoms with Crippen LogP contribution in [-0.4, -0.2) is 0 Å². The lowest BCUT2D eigenvalue weighted by Crippen LogP contribution is -1.90. The quantitative estimate of drug-likeness (QED) is 0.614. The minimum atomic E-state index is 1.27. The van der Waals surface area contributed by atoms with Crippen molar-refractivity contribution in [2.45, 2.75) is 45.4 Å². The molecule has 0 spiro atoms. The first kappa shape index (κ1) is 10.5. The first-order valence-electron chi connectivity index (χ1n) is 6.12. The Morgan fingerprint density at radius 2 is 1.60 bits per heavy atom. The molecule has 15 heavy (non-hydrogen) atoms. The van der Waals surface area contributed by atoms with Crippen molar-refractivity contribution in [2.24, 2.45) is 0 Å². The van der Waals surface area contributed by atoms with Gasteiger partial charge in [0.25, 0.3) is 0 Å². The molecule has 1 aliphatic carbocycles. The Hall–Kier alpha value is -1.04. The summed E-state index contributed by atoms with van der Waals surface area (Å²) >= 11 is 0. The number of allylic oxidation sites excluding steroid dienone is 2. The third-order valence-electron chi connectivity index (χ3n) is 3.21. The van der Waals surface area contributed by atoms with E-state index in [9.17, 15) is 0 Å². The molecular weight excluding hydrogens is 180 g/mol. The van der Waals surface area contributed by atoms with Crippen molar-refractivity contribution in [1.82, 2.24) is 0 Å². The van der Waals surface area contributed by atoms with E-state index < -0.39 is 0 Å². The summed E-state index contributed by atoms with van der Waals surface area (Å²) in [5.41, 5.74) is 4.35. The van der Waals surface area contributed by atoms with Gasteiger partial charge in [0.05, 0.1) is 0 Å². The standard InChI is InChI=1S/C15H20/c1-13-9-11-15(12-10-13)14-7-5-3-2-4-6-8-14/h7,9-12H,2-6,8H2,1H3/b14-7-. The van der Waals surface area contributed by atoms with E-state index in [1.54, 1.807) is 5.57 Å². The van der Waals surface area contributed by atoms with Crippen LogP contribution in [0.2, 0.25) is 0 Å². The van der Waals surface area contributed by atoms with Gasteiger partial charge in [-0.3, -0.25) is 0 Å². The monoisotopic (exact) mass is 200 g/mol. The van der Waals surface area contributed by atoms with E-state index in [-0.39, 0.29) is 0 Å². The van der Waals surface area contributed by atoms with E-state index in [2.05, 4.69) is 37.3 Å². The molecule has 0 aromatic heterocycles. The van der Waals surface area contributed by atoms with Crippen LogP contribution < -0.4 is 0 Å². The number of hydrogen-bond donors (Lipinski definition) is 0. The lowest BCUT2D eigenvalue weighted by molar-refractivity contribution is 0.643. The maximum atomic E-state index is 2.45. The van der Waals surface area contributed by atoms with Crippen LogP contribution in [0, 0.1) is 6.92 Å². The maximum Gasteiger partial charge on any atom is -0.0228 e. The Morgan fingerprint density at radius 1 is 0.867 bits per heavy atom. The number of benzene rings is 1. The molecule has 0 heteroatoms. The van der Waals surface area contributed by atoms with Crippen molar-refractivity contribution in [1.29, 1.82) is 0 Å². The molecule has 0 N–H and O–H groups in total. The van der Waals surface area contributed by atoms with Crippen molar-refractivity contribution >= 4 is 5.57 Å². The molecule has 1 aromatic carbocycles. The molecule has 0 atom stereocenters. The summed E-state index contributed by atoms with van der Waals surface area (Å²) < 4.78 is 0. The summed E-state index contributed by atoms with van der Waals surface area (Å²) in [5.74, 6) is 0. The van der Waals surface area contributed by atoms with Crippen LogP contribution >= 0.6 is 0 Å². The molecule has 0 fully saturated rings. The Bertz CT molecular complexity index is 330. The maximum absolute atomic E-state index is 2.45. The van der Waals surface area contributed by atoms with E-state index in [0.717, 1.165) is 0 Å². The molecule has 0 saturated heterocycles. The van der Waals surface area contributed by atoms with Gasteiger partial charge in [-0.05, 0) is 43.7 Å². The number of rotatable bonds is 1. The molecule has 1 aromatic rings. The van der Waals surface area contributed by atoms with E-state index in [1.807, 2.05) is 0 Å². The summed E-state index contributed by atoms with van der Waals surface area (Å²) in [6.07, 6.45) is 10.5. The minimum Gasteiger partial charge on any atom is -0.0807 e. The highest BCUT2D eigenvalue weighted by atomic mass is 14.1. The third-order valence-corrected chi connectivity index (χ3v) is 3.21. The van der Waals surface area contributed by atoms with Crippen LogP contribution in [-0.2, 0) is 0 Å². The number of hydrogen-bond acceptors (Lipinski definition) is 0. The van der Waals surface area contributed by atoms with E-state index in [0.29, 0.717) is 0 Å². The zero-order valence-electron chi connectivity index (χ0n) is 9.63. The van der Waals surface area contributed by atoms with E-state index in [1.165, 1.54) is 49.7 Å². The fourth-order valence-electron chi connectivity index (χ4n) is 2.22. The molecule has 0 amide bonds. The fourth-order valence-corrected chi connectivity index (χ4v) is 2.22. The molecule has 0 heterocycles. The molecule has 1 aliphatic rings. The van der Waals surface area contributed by atoms with E-state index in [4.69, 9.17) is 0 Å². The molecular formula is C15H20. The van der Waals surface area contributed by atoms with Gasteiger partial charge in [-0.25, -0.2) is 0 Å². The Balaban J connectivity index is 2.16. The van der Waals surface area contributed by atoms with Crippen molar-refractivity contribution in [3.05, 3.63) is 41.5 Å². The van der Waals surface area contributed by atoms with Gasteiger partial charge < -0.3 is 0 Å². The summed E-state index contributed by atoms with van der Waals surface area (Å²) in [5, 5.41) is 0. The molecule has 0 radical (unpaired) electrons. The van der Waals surface area contributed by atoms with Crippen LogP contribution in [0.15, 0.2) is 30.3 Å². The highest BCUT2D eigenvalue weighted by molar-refractivity contribution is 5.65. The SMILES string of the molecule is Cc1ccc(/C2=C\CCCCCC2)cc1. The normalized spacial score (nSPS) is 21.3. The zero-order chi connectivity index (χ0) is 10.5. The zero-order valence-corrected chi connectivity index (χ0v) is 9.63. The second-order valence-corrected chi connectivity index (χ2v) is 4.55. The van der Waals surface area contributed by atoms with Gasteiger partial charge in [-0.2, -0.15) is 0 Å². The van der Waals surface area contributed by atoms with Crippen LogP contribution in [0.5, 0.6) is 0 Å². The predicted molar refractivity (Wildman–Crippen MR) is 66.9 cm³/mol. The molecule has 0 bridgehead atoms. The smallest absolute Gasteiger partial charge is 0.0228 e. The molecule has 0 aliphatic heterocycles. The van der Waals surface area contributed by atoms with Gasteiger partial charge >= 0.3 is 0 Å². The molecule has 0 nitrogen and oxygen atoms in total. The molecule has 0 saturated carbocycles. The second kappa shape index (κ2) is 5.16. The van der Waals surface area contributed by atoms with Crippen LogP contribution in [0.4, 0.5) is 0 Å². The topological polar surface area (TPSA) is 0 Å². The molecule has 0 unspecified atom stereocenters. The first-order chi connectivity index (χ1) is 7.36. The van der Waals surface area contributed by atoms with Crippen molar-refractivity contribution in [2.75, 3.05) is 0 Å². The van der Waals surface area contributed by atoms with Crippen molar-refractivity contribution in [3.8, 4) is 0 Å². The summed E-state index contributed by atoms with van der Waals surface area (Å²) in [7, 11) is 0. The van der Waals surface area contributed by atoms with Crippen LogP contribution in [0.25, 0.3) is 5.57 Å². The lowest BCUT2D eigenvalue weighted by atomic mass is 9.94. The fraction of sp³-hybridized carbons (Fsp3) is 0.467. The first-order valence-corrected chi connectivity index (χ1v) is 6.12.